The Hall–Kier alpha value is -0.490. The Kier molecular flexibility index (Phi) is 4.72. The topological polar surface area (TPSA) is 24.5 Å². The summed E-state index contributed by atoms with van der Waals surface area (Å²) < 4.78 is 20.6. The van der Waals surface area contributed by atoms with Gasteiger partial charge in [0.15, 0.2) is 0 Å². The summed E-state index contributed by atoms with van der Waals surface area (Å²) in [7, 11) is 3.89. The molecule has 0 spiro atoms. The van der Waals surface area contributed by atoms with Gasteiger partial charge >= 0.3 is 0 Å². The number of benzene rings is 1. The molecular weight excluding hydrogens is 299 g/mol. The lowest BCUT2D eigenvalue weighted by Gasteiger charge is -2.39. The molecule has 1 aliphatic heterocycles. The fraction of sp³-hybridized carbons (Fsp3) is 0.538. The minimum absolute atomic E-state index is 0.0237. The third-order valence-corrected chi connectivity index (χ3v) is 3.78. The van der Waals surface area contributed by atoms with Crippen LogP contribution in [0.25, 0.3) is 0 Å². The fourth-order valence-corrected chi connectivity index (χ4v) is 2.75. The first-order valence-electron chi connectivity index (χ1n) is 6.05. The smallest absolute Gasteiger partial charge is 0.129 e. The van der Waals surface area contributed by atoms with Crippen molar-refractivity contribution in [3.8, 4) is 0 Å². The van der Waals surface area contributed by atoms with E-state index in [9.17, 15) is 4.39 Å². The number of morpholine rings is 1. The molecule has 2 atom stereocenters. The monoisotopic (exact) mass is 316 g/mol. The lowest BCUT2D eigenvalue weighted by Crippen LogP contribution is -2.47. The number of nitrogens with zero attached hydrogens (tertiary/aromatic N) is 1. The van der Waals surface area contributed by atoms with E-state index in [-0.39, 0.29) is 18.0 Å². The molecular formula is C13H18BrFN2O. The Labute approximate surface area is 115 Å². The van der Waals surface area contributed by atoms with Crippen LogP contribution in [0.2, 0.25) is 0 Å². The molecule has 0 radical (unpaired) electrons. The molecule has 0 aromatic heterocycles. The molecule has 1 aromatic rings. The molecule has 1 saturated heterocycles. The summed E-state index contributed by atoms with van der Waals surface area (Å²) in [4.78, 5) is 2.15. The van der Waals surface area contributed by atoms with Gasteiger partial charge in [0.25, 0.3) is 0 Å². The molecule has 1 fully saturated rings. The van der Waals surface area contributed by atoms with Gasteiger partial charge in [-0.05, 0) is 26.2 Å². The van der Waals surface area contributed by atoms with Crippen LogP contribution in [0.1, 0.15) is 11.6 Å². The van der Waals surface area contributed by atoms with Crippen LogP contribution in [0.5, 0.6) is 0 Å². The molecule has 5 heteroatoms. The van der Waals surface area contributed by atoms with Gasteiger partial charge in [-0.2, -0.15) is 0 Å². The number of nitrogens with one attached hydrogen (secondary N) is 1. The zero-order valence-corrected chi connectivity index (χ0v) is 12.2. The molecule has 2 unspecified atom stereocenters. The fourth-order valence-electron chi connectivity index (χ4n) is 2.41. The lowest BCUT2D eigenvalue weighted by molar-refractivity contribution is -0.0616. The van der Waals surface area contributed by atoms with Crippen molar-refractivity contribution in [2.24, 2.45) is 0 Å². The second-order valence-corrected chi connectivity index (χ2v) is 5.47. The summed E-state index contributed by atoms with van der Waals surface area (Å²) in [6.07, 6.45) is -0.0237. The highest BCUT2D eigenvalue weighted by atomic mass is 79.9. The number of likely N-dealkylation sites (N-methyl/N-ethyl adjacent to an activating group) is 2. The van der Waals surface area contributed by atoms with Gasteiger partial charge in [-0.1, -0.05) is 22.0 Å². The minimum atomic E-state index is -0.187. The van der Waals surface area contributed by atoms with Gasteiger partial charge in [-0.25, -0.2) is 4.39 Å². The van der Waals surface area contributed by atoms with Crippen molar-refractivity contribution in [3.05, 3.63) is 34.1 Å². The van der Waals surface area contributed by atoms with Gasteiger partial charge in [0.05, 0.1) is 18.8 Å². The molecule has 1 aliphatic rings. The van der Waals surface area contributed by atoms with Gasteiger partial charge in [-0.15, -0.1) is 0 Å². The average Bonchev–Trinajstić information content (AvgIpc) is 2.31. The van der Waals surface area contributed by atoms with Crippen molar-refractivity contribution >= 4 is 15.9 Å². The van der Waals surface area contributed by atoms with Gasteiger partial charge in [0.1, 0.15) is 5.82 Å². The van der Waals surface area contributed by atoms with Crippen LogP contribution >= 0.6 is 15.9 Å². The Bertz CT molecular complexity index is 414. The molecule has 100 valence electrons. The van der Waals surface area contributed by atoms with Crippen LogP contribution in [0.4, 0.5) is 4.39 Å². The second-order valence-electron chi connectivity index (χ2n) is 4.56. The molecule has 0 aliphatic carbocycles. The molecule has 1 N–H and O–H groups in total. The van der Waals surface area contributed by atoms with Gasteiger partial charge in [0.2, 0.25) is 0 Å². The highest BCUT2D eigenvalue weighted by Crippen LogP contribution is 2.31. The molecule has 18 heavy (non-hydrogen) atoms. The Balaban J connectivity index is 2.31. The molecule has 0 saturated carbocycles. The lowest BCUT2D eigenvalue weighted by atomic mass is 9.98. The number of rotatable bonds is 3. The standard InChI is InChI=1S/C13H18BrFN2O/c1-16-8-12-13(17(2)5-6-18-12)10-4-3-9(14)7-11(10)15/h3-4,7,12-13,16H,5-6,8H2,1-2H3. The largest absolute Gasteiger partial charge is 0.374 e. The predicted molar refractivity (Wildman–Crippen MR) is 73.1 cm³/mol. The summed E-state index contributed by atoms with van der Waals surface area (Å²) in [5.74, 6) is -0.187. The van der Waals surface area contributed by atoms with Crippen LogP contribution in [-0.4, -0.2) is 44.8 Å². The third kappa shape index (κ3) is 2.91. The predicted octanol–water partition coefficient (Wildman–Crippen LogP) is 2.18. The van der Waals surface area contributed by atoms with Crippen LogP contribution < -0.4 is 5.32 Å². The Morgan fingerprint density at radius 2 is 2.33 bits per heavy atom. The molecule has 1 heterocycles. The van der Waals surface area contributed by atoms with E-state index in [4.69, 9.17) is 4.74 Å². The van der Waals surface area contributed by atoms with E-state index < -0.39 is 0 Å². The zero-order valence-electron chi connectivity index (χ0n) is 10.6. The molecule has 2 rings (SSSR count). The van der Waals surface area contributed by atoms with E-state index in [0.29, 0.717) is 18.7 Å². The first-order chi connectivity index (χ1) is 8.63. The third-order valence-electron chi connectivity index (χ3n) is 3.29. The van der Waals surface area contributed by atoms with Gasteiger partial charge in [-0.3, -0.25) is 4.90 Å². The quantitative estimate of drug-likeness (QED) is 0.925. The maximum atomic E-state index is 14.1. The van der Waals surface area contributed by atoms with Crippen LogP contribution in [-0.2, 0) is 4.74 Å². The summed E-state index contributed by atoms with van der Waals surface area (Å²) in [6.45, 7) is 2.22. The van der Waals surface area contributed by atoms with Crippen molar-refractivity contribution in [2.75, 3.05) is 33.8 Å². The first kappa shape index (κ1) is 13.9. The van der Waals surface area contributed by atoms with Crippen molar-refractivity contribution < 1.29 is 9.13 Å². The number of halogens is 2. The summed E-state index contributed by atoms with van der Waals surface area (Å²) >= 11 is 3.28. The number of hydrogen-bond acceptors (Lipinski definition) is 3. The molecule has 0 bridgehead atoms. The van der Waals surface area contributed by atoms with E-state index in [2.05, 4.69) is 26.1 Å². The number of ether oxygens (including phenoxy) is 1. The van der Waals surface area contributed by atoms with E-state index in [1.165, 1.54) is 6.07 Å². The van der Waals surface area contributed by atoms with Crippen LogP contribution in [0, 0.1) is 5.82 Å². The summed E-state index contributed by atoms with van der Waals surface area (Å²) in [5.41, 5.74) is 0.695. The minimum Gasteiger partial charge on any atom is -0.374 e. The SMILES string of the molecule is CNCC1OCCN(C)C1c1ccc(Br)cc1F. The van der Waals surface area contributed by atoms with E-state index in [1.54, 1.807) is 0 Å². The molecule has 0 amide bonds. The summed E-state index contributed by atoms with van der Waals surface area (Å²) in [5, 5.41) is 3.11. The maximum Gasteiger partial charge on any atom is 0.129 e. The number of hydrogen-bond donors (Lipinski definition) is 1. The Morgan fingerprint density at radius 3 is 3.00 bits per heavy atom. The van der Waals surface area contributed by atoms with E-state index in [1.807, 2.05) is 26.2 Å². The van der Waals surface area contributed by atoms with Crippen molar-refractivity contribution in [1.82, 2.24) is 10.2 Å². The maximum absolute atomic E-state index is 14.1. The molecule has 1 aromatic carbocycles. The van der Waals surface area contributed by atoms with E-state index in [0.717, 1.165) is 11.0 Å². The molecule has 3 nitrogen and oxygen atoms in total. The van der Waals surface area contributed by atoms with E-state index >= 15 is 0 Å². The highest BCUT2D eigenvalue weighted by Gasteiger charge is 2.32. The first-order valence-corrected chi connectivity index (χ1v) is 6.84. The van der Waals surface area contributed by atoms with Crippen LogP contribution in [0.3, 0.4) is 0 Å². The van der Waals surface area contributed by atoms with Crippen LogP contribution in [0.15, 0.2) is 22.7 Å². The van der Waals surface area contributed by atoms with Gasteiger partial charge in [0, 0.05) is 23.1 Å². The highest BCUT2D eigenvalue weighted by molar-refractivity contribution is 9.10. The normalized spacial score (nSPS) is 25.3. The van der Waals surface area contributed by atoms with Crippen molar-refractivity contribution in [3.63, 3.8) is 0 Å². The van der Waals surface area contributed by atoms with Crippen molar-refractivity contribution in [2.45, 2.75) is 12.1 Å². The zero-order chi connectivity index (χ0) is 13.1. The Morgan fingerprint density at radius 1 is 1.56 bits per heavy atom. The second kappa shape index (κ2) is 6.10. The average molecular weight is 317 g/mol. The van der Waals surface area contributed by atoms with Gasteiger partial charge < -0.3 is 10.1 Å². The summed E-state index contributed by atoms with van der Waals surface area (Å²) in [6, 6.07) is 5.17. The van der Waals surface area contributed by atoms with Crippen molar-refractivity contribution in [1.29, 1.82) is 0 Å².